The molecule has 0 radical (unpaired) electrons. The third-order valence-corrected chi connectivity index (χ3v) is 4.77. The summed E-state index contributed by atoms with van der Waals surface area (Å²) in [6, 6.07) is 17.3. The summed E-state index contributed by atoms with van der Waals surface area (Å²) in [5, 5.41) is 4.36. The van der Waals surface area contributed by atoms with Crippen LogP contribution in [-0.4, -0.2) is 31.0 Å². The molecular formula is C23H25N3O3. The maximum atomic E-state index is 11.6. The van der Waals surface area contributed by atoms with Crippen LogP contribution in [0.4, 0.5) is 0 Å². The molecule has 0 aliphatic carbocycles. The number of para-hydroxylation sites is 1. The average Bonchev–Trinajstić information content (AvgIpc) is 3.04. The molecule has 0 spiro atoms. The molecule has 3 rings (SSSR count). The first-order chi connectivity index (χ1) is 14.0. The number of carbonyl (C=O) groups excluding carboxylic acids is 1. The molecular weight excluding hydrogens is 366 g/mol. The van der Waals surface area contributed by atoms with Crippen molar-refractivity contribution in [2.24, 2.45) is 5.10 Å². The second kappa shape index (κ2) is 9.10. The molecule has 29 heavy (non-hydrogen) atoms. The molecule has 0 saturated heterocycles. The number of aryl methyl sites for hydroxylation is 1. The third kappa shape index (κ3) is 4.48. The van der Waals surface area contributed by atoms with Gasteiger partial charge in [0, 0.05) is 28.2 Å². The highest BCUT2D eigenvalue weighted by Crippen LogP contribution is 2.21. The quantitative estimate of drug-likeness (QED) is 0.375. The maximum Gasteiger partial charge on any atom is 0.337 e. The van der Waals surface area contributed by atoms with Crippen molar-refractivity contribution in [3.05, 3.63) is 82.7 Å². The van der Waals surface area contributed by atoms with Crippen LogP contribution < -0.4 is 10.2 Å². The number of carbonyl (C=O) groups is 1. The molecule has 1 N–H and O–H groups in total. The Balaban J connectivity index is 1.74. The van der Waals surface area contributed by atoms with Crippen molar-refractivity contribution < 1.29 is 14.3 Å². The second-order valence-electron chi connectivity index (χ2n) is 6.61. The van der Waals surface area contributed by atoms with Gasteiger partial charge in [-0.15, -0.1) is 0 Å². The van der Waals surface area contributed by atoms with Crippen LogP contribution in [0, 0.1) is 13.8 Å². The van der Waals surface area contributed by atoms with E-state index in [1.807, 2.05) is 56.5 Å². The Morgan fingerprint density at radius 3 is 2.52 bits per heavy atom. The van der Waals surface area contributed by atoms with Crippen LogP contribution in [-0.2, 0) is 11.3 Å². The minimum atomic E-state index is -0.341. The number of nitrogens with zero attached hydrogens (tertiary/aromatic N) is 2. The summed E-state index contributed by atoms with van der Waals surface area (Å²) < 4.78 is 12.2. The van der Waals surface area contributed by atoms with Gasteiger partial charge in [0.1, 0.15) is 5.75 Å². The van der Waals surface area contributed by atoms with E-state index in [9.17, 15) is 4.79 Å². The highest BCUT2D eigenvalue weighted by Gasteiger charge is 2.11. The van der Waals surface area contributed by atoms with E-state index in [0.29, 0.717) is 12.1 Å². The molecule has 1 aromatic heterocycles. The van der Waals surface area contributed by atoms with Gasteiger partial charge in [-0.05, 0) is 50.2 Å². The molecule has 0 amide bonds. The van der Waals surface area contributed by atoms with E-state index in [0.717, 1.165) is 34.0 Å². The normalized spacial score (nSPS) is 10.9. The molecule has 0 bridgehead atoms. The number of hydrogen-bond acceptors (Lipinski definition) is 5. The molecule has 1 heterocycles. The summed E-state index contributed by atoms with van der Waals surface area (Å²) in [5.74, 6) is 0.496. The van der Waals surface area contributed by atoms with Gasteiger partial charge in [0.15, 0.2) is 0 Å². The lowest BCUT2D eigenvalue weighted by Gasteiger charge is -2.10. The molecule has 150 valence electrons. The predicted octanol–water partition coefficient (Wildman–Crippen LogP) is 4.01. The standard InChI is InChI=1S/C23H25N3O3/c1-16-13-20(15-25-24-14-19-7-5-6-8-22(19)28-3)17(2)26(16)21-11-9-18(10-12-21)23(27)29-4/h5-13,15,24H,14H2,1-4H3/b25-15-. The van der Waals surface area contributed by atoms with Crippen molar-refractivity contribution >= 4 is 12.2 Å². The zero-order chi connectivity index (χ0) is 20.8. The topological polar surface area (TPSA) is 64.9 Å². The van der Waals surface area contributed by atoms with Crippen LogP contribution in [0.1, 0.15) is 32.9 Å². The molecule has 0 aliphatic heterocycles. The fraction of sp³-hybridized carbons (Fsp3) is 0.217. The number of ether oxygens (including phenoxy) is 2. The molecule has 0 fully saturated rings. The summed E-state index contributed by atoms with van der Waals surface area (Å²) in [7, 11) is 3.04. The second-order valence-corrected chi connectivity index (χ2v) is 6.61. The minimum absolute atomic E-state index is 0.341. The number of esters is 1. The SMILES string of the molecule is COC(=O)c1ccc(-n2c(C)cc(/C=N\NCc3ccccc3OC)c2C)cc1. The average molecular weight is 391 g/mol. The molecule has 6 nitrogen and oxygen atoms in total. The summed E-state index contributed by atoms with van der Waals surface area (Å²) in [6.45, 7) is 4.66. The monoisotopic (exact) mass is 391 g/mol. The Labute approximate surface area is 170 Å². The van der Waals surface area contributed by atoms with Crippen molar-refractivity contribution in [2.75, 3.05) is 14.2 Å². The van der Waals surface area contributed by atoms with Gasteiger partial charge in [-0.1, -0.05) is 18.2 Å². The van der Waals surface area contributed by atoms with Crippen LogP contribution in [0.2, 0.25) is 0 Å². The van der Waals surface area contributed by atoms with Crippen molar-refractivity contribution in [2.45, 2.75) is 20.4 Å². The first-order valence-electron chi connectivity index (χ1n) is 9.30. The zero-order valence-corrected chi connectivity index (χ0v) is 17.1. The number of hydrazone groups is 1. The third-order valence-electron chi connectivity index (χ3n) is 4.77. The first kappa shape index (κ1) is 20.2. The van der Waals surface area contributed by atoms with Crippen molar-refractivity contribution in [3.63, 3.8) is 0 Å². The van der Waals surface area contributed by atoms with Gasteiger partial charge in [0.2, 0.25) is 0 Å². The highest BCUT2D eigenvalue weighted by molar-refractivity contribution is 5.89. The van der Waals surface area contributed by atoms with Gasteiger partial charge in [0.05, 0.1) is 32.5 Å². The fourth-order valence-electron chi connectivity index (χ4n) is 3.28. The van der Waals surface area contributed by atoms with Gasteiger partial charge in [-0.3, -0.25) is 0 Å². The van der Waals surface area contributed by atoms with E-state index < -0.39 is 0 Å². The Bertz CT molecular complexity index is 1020. The minimum Gasteiger partial charge on any atom is -0.496 e. The smallest absolute Gasteiger partial charge is 0.337 e. The van der Waals surface area contributed by atoms with Crippen LogP contribution in [0.5, 0.6) is 5.75 Å². The van der Waals surface area contributed by atoms with Gasteiger partial charge in [-0.2, -0.15) is 5.10 Å². The lowest BCUT2D eigenvalue weighted by molar-refractivity contribution is 0.0600. The lowest BCUT2D eigenvalue weighted by atomic mass is 10.2. The lowest BCUT2D eigenvalue weighted by Crippen LogP contribution is -2.07. The summed E-state index contributed by atoms with van der Waals surface area (Å²) >= 11 is 0. The Hall–Kier alpha value is -3.54. The van der Waals surface area contributed by atoms with E-state index in [1.165, 1.54) is 7.11 Å². The van der Waals surface area contributed by atoms with E-state index in [1.54, 1.807) is 19.2 Å². The number of methoxy groups -OCH3 is 2. The molecule has 0 saturated carbocycles. The van der Waals surface area contributed by atoms with Gasteiger partial charge in [0.25, 0.3) is 0 Å². The van der Waals surface area contributed by atoms with Crippen LogP contribution >= 0.6 is 0 Å². The van der Waals surface area contributed by atoms with Crippen LogP contribution in [0.3, 0.4) is 0 Å². The van der Waals surface area contributed by atoms with Crippen molar-refractivity contribution in [1.29, 1.82) is 0 Å². The molecule has 0 unspecified atom stereocenters. The van der Waals surface area contributed by atoms with Crippen LogP contribution in [0.25, 0.3) is 5.69 Å². The molecule has 6 heteroatoms. The Morgan fingerprint density at radius 2 is 1.83 bits per heavy atom. The molecule has 3 aromatic rings. The highest BCUT2D eigenvalue weighted by atomic mass is 16.5. The van der Waals surface area contributed by atoms with Gasteiger partial charge >= 0.3 is 5.97 Å². The number of rotatable bonds is 7. The summed E-state index contributed by atoms with van der Waals surface area (Å²) in [4.78, 5) is 11.6. The molecule has 0 aliphatic rings. The summed E-state index contributed by atoms with van der Waals surface area (Å²) in [5.41, 5.74) is 8.80. The van der Waals surface area contributed by atoms with Crippen molar-refractivity contribution in [1.82, 2.24) is 9.99 Å². The van der Waals surface area contributed by atoms with Crippen molar-refractivity contribution in [3.8, 4) is 11.4 Å². The fourth-order valence-corrected chi connectivity index (χ4v) is 3.28. The number of benzene rings is 2. The predicted molar refractivity (Wildman–Crippen MR) is 114 cm³/mol. The maximum absolute atomic E-state index is 11.6. The zero-order valence-electron chi connectivity index (χ0n) is 17.1. The van der Waals surface area contributed by atoms with E-state index in [4.69, 9.17) is 9.47 Å². The largest absolute Gasteiger partial charge is 0.496 e. The van der Waals surface area contributed by atoms with Crippen LogP contribution in [0.15, 0.2) is 59.7 Å². The number of hydrogen-bond donors (Lipinski definition) is 1. The number of aromatic nitrogens is 1. The Kier molecular flexibility index (Phi) is 6.34. The van der Waals surface area contributed by atoms with E-state index >= 15 is 0 Å². The summed E-state index contributed by atoms with van der Waals surface area (Å²) in [6.07, 6.45) is 1.82. The Morgan fingerprint density at radius 1 is 1.10 bits per heavy atom. The van der Waals surface area contributed by atoms with Gasteiger partial charge in [-0.25, -0.2) is 4.79 Å². The van der Waals surface area contributed by atoms with Gasteiger partial charge < -0.3 is 19.5 Å². The van der Waals surface area contributed by atoms with E-state index in [2.05, 4.69) is 21.2 Å². The molecule has 2 aromatic carbocycles. The number of nitrogens with one attached hydrogen (secondary N) is 1. The first-order valence-corrected chi connectivity index (χ1v) is 9.30. The molecule has 0 atom stereocenters. The van der Waals surface area contributed by atoms with E-state index in [-0.39, 0.29) is 5.97 Å².